The average molecular weight is 460 g/mol. The summed E-state index contributed by atoms with van der Waals surface area (Å²) < 4.78 is 11.2. The normalized spacial score (nSPS) is 15.2. The van der Waals surface area contributed by atoms with Gasteiger partial charge in [0.05, 0.1) is 6.04 Å². The van der Waals surface area contributed by atoms with Crippen molar-refractivity contribution in [1.82, 2.24) is 15.1 Å². The molecule has 0 radical (unpaired) electrons. The number of amides is 3. The molecule has 174 valence electrons. The minimum atomic E-state index is -0.224. The summed E-state index contributed by atoms with van der Waals surface area (Å²) in [7, 11) is 1.63. The quantitative estimate of drug-likeness (QED) is 0.551. The smallest absolute Gasteiger partial charge is 0.317 e. The minimum Gasteiger partial charge on any atom is -0.491 e. The van der Waals surface area contributed by atoms with Crippen LogP contribution < -0.4 is 10.1 Å². The molecule has 1 N–H and O–H groups in total. The number of aryl methyl sites for hydroxylation is 1. The van der Waals surface area contributed by atoms with E-state index in [9.17, 15) is 9.59 Å². The van der Waals surface area contributed by atoms with E-state index < -0.39 is 0 Å². The van der Waals surface area contributed by atoms with Gasteiger partial charge in [-0.25, -0.2) is 4.79 Å². The number of methoxy groups -OCH3 is 1. The van der Waals surface area contributed by atoms with Gasteiger partial charge in [-0.3, -0.25) is 4.79 Å². The summed E-state index contributed by atoms with van der Waals surface area (Å²) in [4.78, 5) is 30.6. The first-order chi connectivity index (χ1) is 15.5. The van der Waals surface area contributed by atoms with E-state index in [1.165, 1.54) is 10.4 Å². The number of rotatable bonds is 10. The largest absolute Gasteiger partial charge is 0.491 e. The molecule has 0 spiro atoms. The first-order valence-corrected chi connectivity index (χ1v) is 12.0. The first kappa shape index (κ1) is 24.1. The van der Waals surface area contributed by atoms with Crippen LogP contribution in [0.4, 0.5) is 4.79 Å². The summed E-state index contributed by atoms with van der Waals surface area (Å²) in [6.45, 7) is 6.47. The SMILES string of the molecule is CCNC(=O)N(CCCOC)CC(=O)N1CCc2sccc2[C@H]1COc1ccc(C)cc1. The number of hydrogen-bond donors (Lipinski definition) is 1. The van der Waals surface area contributed by atoms with Crippen LogP contribution in [0.25, 0.3) is 0 Å². The molecule has 3 rings (SSSR count). The Bertz CT molecular complexity index is 884. The lowest BCUT2D eigenvalue weighted by Crippen LogP contribution is -2.50. The van der Waals surface area contributed by atoms with Crippen molar-refractivity contribution in [2.24, 2.45) is 0 Å². The second-order valence-corrected chi connectivity index (χ2v) is 8.88. The highest BCUT2D eigenvalue weighted by Gasteiger charge is 2.33. The maximum Gasteiger partial charge on any atom is 0.317 e. The third-order valence-electron chi connectivity index (χ3n) is 5.56. The molecule has 1 aliphatic heterocycles. The number of urea groups is 1. The van der Waals surface area contributed by atoms with Gasteiger partial charge in [-0.05, 0) is 55.8 Å². The van der Waals surface area contributed by atoms with E-state index in [1.807, 2.05) is 43.0 Å². The number of hydrogen-bond acceptors (Lipinski definition) is 5. The lowest BCUT2D eigenvalue weighted by Gasteiger charge is -2.37. The van der Waals surface area contributed by atoms with Crippen molar-refractivity contribution in [3.05, 3.63) is 51.7 Å². The number of carbonyl (C=O) groups excluding carboxylic acids is 2. The molecule has 0 bridgehead atoms. The predicted octanol–water partition coefficient (Wildman–Crippen LogP) is 3.63. The zero-order valence-corrected chi connectivity index (χ0v) is 20.0. The fourth-order valence-electron chi connectivity index (χ4n) is 3.85. The van der Waals surface area contributed by atoms with E-state index in [0.29, 0.717) is 39.3 Å². The van der Waals surface area contributed by atoms with Gasteiger partial charge in [0.1, 0.15) is 18.9 Å². The van der Waals surface area contributed by atoms with Crippen molar-refractivity contribution in [3.63, 3.8) is 0 Å². The van der Waals surface area contributed by atoms with Crippen LogP contribution in [0.5, 0.6) is 5.75 Å². The number of carbonyl (C=O) groups is 2. The summed E-state index contributed by atoms with van der Waals surface area (Å²) in [5.41, 5.74) is 2.32. The van der Waals surface area contributed by atoms with Gasteiger partial charge in [-0.1, -0.05) is 17.7 Å². The molecule has 1 aliphatic rings. The highest BCUT2D eigenvalue weighted by atomic mass is 32.1. The van der Waals surface area contributed by atoms with Gasteiger partial charge in [0, 0.05) is 38.2 Å². The van der Waals surface area contributed by atoms with Crippen molar-refractivity contribution < 1.29 is 19.1 Å². The van der Waals surface area contributed by atoms with Gasteiger partial charge in [-0.15, -0.1) is 11.3 Å². The highest BCUT2D eigenvalue weighted by molar-refractivity contribution is 7.10. The molecule has 32 heavy (non-hydrogen) atoms. The summed E-state index contributed by atoms with van der Waals surface area (Å²) in [5, 5.41) is 4.88. The fourth-order valence-corrected chi connectivity index (χ4v) is 4.78. The summed E-state index contributed by atoms with van der Waals surface area (Å²) in [6, 6.07) is 9.62. The van der Waals surface area contributed by atoms with Crippen LogP contribution in [0, 0.1) is 6.92 Å². The maximum absolute atomic E-state index is 13.4. The Balaban J connectivity index is 1.72. The van der Waals surface area contributed by atoms with Crippen LogP contribution in [0.2, 0.25) is 0 Å². The number of thiophene rings is 1. The van der Waals surface area contributed by atoms with Crippen LogP contribution in [-0.4, -0.2) is 68.2 Å². The Morgan fingerprint density at radius 3 is 2.75 bits per heavy atom. The minimum absolute atomic E-state index is 0.0377. The Morgan fingerprint density at radius 1 is 1.25 bits per heavy atom. The van der Waals surface area contributed by atoms with Crippen LogP contribution in [0.1, 0.15) is 35.4 Å². The van der Waals surface area contributed by atoms with Gasteiger partial charge >= 0.3 is 6.03 Å². The lowest BCUT2D eigenvalue weighted by molar-refractivity contribution is -0.135. The van der Waals surface area contributed by atoms with Gasteiger partial charge < -0.3 is 24.6 Å². The Hall–Kier alpha value is -2.58. The van der Waals surface area contributed by atoms with E-state index >= 15 is 0 Å². The third-order valence-corrected chi connectivity index (χ3v) is 6.56. The zero-order valence-electron chi connectivity index (χ0n) is 19.1. The summed E-state index contributed by atoms with van der Waals surface area (Å²) >= 11 is 1.72. The predicted molar refractivity (Wildman–Crippen MR) is 126 cm³/mol. The van der Waals surface area contributed by atoms with E-state index in [0.717, 1.165) is 17.7 Å². The lowest BCUT2D eigenvalue weighted by atomic mass is 10.0. The summed E-state index contributed by atoms with van der Waals surface area (Å²) in [5.74, 6) is 0.719. The van der Waals surface area contributed by atoms with Crippen molar-refractivity contribution >= 4 is 23.3 Å². The second-order valence-electron chi connectivity index (χ2n) is 7.88. The first-order valence-electron chi connectivity index (χ1n) is 11.1. The third kappa shape index (κ3) is 6.23. The number of nitrogens with one attached hydrogen (secondary N) is 1. The van der Waals surface area contributed by atoms with Crippen LogP contribution in [0.15, 0.2) is 35.7 Å². The molecule has 0 saturated carbocycles. The van der Waals surface area contributed by atoms with Gasteiger partial charge in [0.2, 0.25) is 5.91 Å². The molecule has 1 aromatic carbocycles. The Morgan fingerprint density at radius 2 is 2.03 bits per heavy atom. The fraction of sp³-hybridized carbons (Fsp3) is 0.500. The van der Waals surface area contributed by atoms with Crippen molar-refractivity contribution in [2.45, 2.75) is 32.7 Å². The van der Waals surface area contributed by atoms with E-state index in [2.05, 4.69) is 16.8 Å². The van der Waals surface area contributed by atoms with E-state index in [-0.39, 0.29) is 24.5 Å². The highest BCUT2D eigenvalue weighted by Crippen LogP contribution is 2.34. The van der Waals surface area contributed by atoms with Gasteiger partial charge in [0.25, 0.3) is 0 Å². The molecular formula is C24H33N3O4S. The Labute approximate surface area is 194 Å². The zero-order chi connectivity index (χ0) is 22.9. The molecule has 1 atom stereocenters. The molecule has 7 nitrogen and oxygen atoms in total. The monoisotopic (exact) mass is 459 g/mol. The molecule has 0 saturated heterocycles. The summed E-state index contributed by atoms with van der Waals surface area (Å²) in [6.07, 6.45) is 1.50. The number of benzene rings is 1. The molecule has 0 aliphatic carbocycles. The van der Waals surface area contributed by atoms with Crippen LogP contribution in [-0.2, 0) is 16.0 Å². The van der Waals surface area contributed by atoms with Gasteiger partial charge in [-0.2, -0.15) is 0 Å². The van der Waals surface area contributed by atoms with Crippen LogP contribution >= 0.6 is 11.3 Å². The molecule has 0 unspecified atom stereocenters. The number of ether oxygens (including phenoxy) is 2. The molecule has 1 aromatic heterocycles. The maximum atomic E-state index is 13.4. The topological polar surface area (TPSA) is 71.1 Å². The van der Waals surface area contributed by atoms with E-state index in [4.69, 9.17) is 9.47 Å². The van der Waals surface area contributed by atoms with Crippen molar-refractivity contribution in [1.29, 1.82) is 0 Å². The molecule has 2 heterocycles. The number of fused-ring (bicyclic) bond motifs is 1. The Kier molecular flexibility index (Phi) is 8.93. The van der Waals surface area contributed by atoms with Crippen molar-refractivity contribution in [3.8, 4) is 5.75 Å². The molecule has 3 amide bonds. The van der Waals surface area contributed by atoms with Crippen molar-refractivity contribution in [2.75, 3.05) is 46.5 Å². The van der Waals surface area contributed by atoms with Gasteiger partial charge in [0.15, 0.2) is 0 Å². The average Bonchev–Trinajstić information content (AvgIpc) is 3.27. The molecule has 8 heteroatoms. The van der Waals surface area contributed by atoms with Crippen LogP contribution in [0.3, 0.4) is 0 Å². The molecule has 2 aromatic rings. The second kappa shape index (κ2) is 11.9. The van der Waals surface area contributed by atoms with E-state index in [1.54, 1.807) is 23.3 Å². The standard InChI is InChI=1S/C24H33N3O4S/c1-4-25-24(29)26(12-5-14-30-3)16-23(28)27-13-10-22-20(11-15-32-22)21(27)17-31-19-8-6-18(2)7-9-19/h6-9,11,15,21H,4-5,10,12-14,16-17H2,1-3H3,(H,25,29)/t21-/m1/s1. The number of nitrogens with zero attached hydrogens (tertiary/aromatic N) is 2. The molecule has 0 fully saturated rings. The molecular weight excluding hydrogens is 426 g/mol.